The third-order valence-corrected chi connectivity index (χ3v) is 13.9. The van der Waals surface area contributed by atoms with E-state index in [1.165, 1.54) is 6.92 Å². The predicted molar refractivity (Wildman–Crippen MR) is 289 cm³/mol. The van der Waals surface area contributed by atoms with Crippen molar-refractivity contribution in [2.24, 2.45) is 29.6 Å². The average molecular weight is 1120 g/mol. The zero-order valence-electron chi connectivity index (χ0n) is 47.9. The Balaban J connectivity index is 2.72. The average Bonchev–Trinajstić information content (AvgIpc) is 4.20. The number of esters is 1. The molecule has 0 radical (unpaired) electrons. The molecule has 5 unspecified atom stereocenters. The Morgan fingerprint density at radius 3 is 1.61 bits per heavy atom. The van der Waals surface area contributed by atoms with Gasteiger partial charge >= 0.3 is 11.9 Å². The van der Waals surface area contributed by atoms with Gasteiger partial charge in [0.05, 0.1) is 25.7 Å². The number of amides is 9. The van der Waals surface area contributed by atoms with Gasteiger partial charge in [0.15, 0.2) is 0 Å². The minimum absolute atomic E-state index is 0.00774. The summed E-state index contributed by atoms with van der Waals surface area (Å²) in [6.07, 6.45) is 2.82. The van der Waals surface area contributed by atoms with Crippen molar-refractivity contribution >= 4 is 65.1 Å². The van der Waals surface area contributed by atoms with Crippen molar-refractivity contribution in [2.75, 3.05) is 13.2 Å². The molecule has 2 rings (SSSR count). The van der Waals surface area contributed by atoms with Crippen LogP contribution < -0.4 is 47.9 Å². The summed E-state index contributed by atoms with van der Waals surface area (Å²) in [5.41, 5.74) is 0. The lowest BCUT2D eigenvalue weighted by Crippen LogP contribution is -2.63. The molecular formula is C54H93N9O16. The van der Waals surface area contributed by atoms with Gasteiger partial charge in [-0.1, -0.05) is 114 Å². The van der Waals surface area contributed by atoms with Gasteiger partial charge in [0, 0.05) is 6.42 Å². The van der Waals surface area contributed by atoms with Gasteiger partial charge in [0.2, 0.25) is 53.2 Å². The number of cyclic esters (lactones) is 1. The third-order valence-electron chi connectivity index (χ3n) is 13.9. The molecule has 0 spiro atoms. The fraction of sp³-hybridized carbons (Fsp3) is 0.796. The highest BCUT2D eigenvalue weighted by atomic mass is 16.5. The highest BCUT2D eigenvalue weighted by molar-refractivity contribution is 5.99. The van der Waals surface area contributed by atoms with E-state index < -0.39 is 170 Å². The molecule has 0 aromatic carbocycles. The van der Waals surface area contributed by atoms with Crippen LogP contribution in [0.4, 0.5) is 0 Å². The number of carbonyl (C=O) groups is 11. The van der Waals surface area contributed by atoms with E-state index >= 15 is 0 Å². The van der Waals surface area contributed by atoms with E-state index in [1.807, 2.05) is 0 Å². The Labute approximate surface area is 464 Å². The summed E-state index contributed by atoms with van der Waals surface area (Å²) < 4.78 is 5.83. The van der Waals surface area contributed by atoms with Crippen LogP contribution in [0, 0.1) is 29.6 Å². The van der Waals surface area contributed by atoms with E-state index in [0.29, 0.717) is 12.8 Å². The van der Waals surface area contributed by atoms with Crippen LogP contribution in [0.2, 0.25) is 0 Å². The lowest BCUT2D eigenvalue weighted by atomic mass is 9.98. The molecule has 2 aliphatic rings. The molecule has 79 heavy (non-hydrogen) atoms. The molecule has 9 amide bonds. The molecule has 1 aliphatic heterocycles. The maximum atomic E-state index is 14.7. The smallest absolute Gasteiger partial charge is 0.329 e. The molecule has 0 aromatic rings. The maximum Gasteiger partial charge on any atom is 0.329 e. The van der Waals surface area contributed by atoms with Crippen molar-refractivity contribution in [3.63, 3.8) is 0 Å². The maximum absolute atomic E-state index is 14.7. The van der Waals surface area contributed by atoms with E-state index in [1.54, 1.807) is 55.4 Å². The number of carboxylic acid groups (broad SMARTS) is 1. The van der Waals surface area contributed by atoms with Crippen LogP contribution in [0.25, 0.3) is 0 Å². The fourth-order valence-corrected chi connectivity index (χ4v) is 8.83. The van der Waals surface area contributed by atoms with E-state index in [0.717, 1.165) is 38.5 Å². The molecule has 1 saturated heterocycles. The summed E-state index contributed by atoms with van der Waals surface area (Å²) >= 11 is 0. The van der Waals surface area contributed by atoms with Crippen LogP contribution >= 0.6 is 0 Å². The highest BCUT2D eigenvalue weighted by Crippen LogP contribution is 2.33. The molecule has 1 aliphatic carbocycles. The van der Waals surface area contributed by atoms with Crippen LogP contribution in [0.15, 0.2) is 0 Å². The Bertz CT molecular complexity index is 2050. The Kier molecular flexibility index (Phi) is 30.6. The summed E-state index contributed by atoms with van der Waals surface area (Å²) in [5.74, 6) is -13.0. The number of unbranched alkanes of at least 4 members (excludes halogenated alkanes) is 4. The van der Waals surface area contributed by atoms with Gasteiger partial charge in [0.25, 0.3) is 0 Å². The summed E-state index contributed by atoms with van der Waals surface area (Å²) in [6.45, 7) is 14.7. The summed E-state index contributed by atoms with van der Waals surface area (Å²) in [4.78, 5) is 152. The molecule has 25 nitrogen and oxygen atoms in total. The number of hydrogen-bond donors (Lipinski definition) is 13. The number of aliphatic hydroxyl groups excluding tert-OH is 3. The Morgan fingerprint density at radius 1 is 0.608 bits per heavy atom. The van der Waals surface area contributed by atoms with Crippen molar-refractivity contribution in [3.8, 4) is 0 Å². The molecule has 1 heterocycles. The lowest BCUT2D eigenvalue weighted by molar-refractivity contribution is -0.158. The summed E-state index contributed by atoms with van der Waals surface area (Å²) in [5, 5.41) is 63.6. The number of carbonyl (C=O) groups excluding carboxylic acids is 10. The van der Waals surface area contributed by atoms with E-state index in [9.17, 15) is 73.2 Å². The second-order valence-electron chi connectivity index (χ2n) is 22.5. The third kappa shape index (κ3) is 24.9. The molecule has 12 atom stereocenters. The zero-order valence-corrected chi connectivity index (χ0v) is 47.9. The molecule has 13 N–H and O–H groups in total. The van der Waals surface area contributed by atoms with Gasteiger partial charge in [-0.3, -0.25) is 47.9 Å². The van der Waals surface area contributed by atoms with Gasteiger partial charge in [0.1, 0.15) is 60.5 Å². The Morgan fingerprint density at radius 2 is 1.11 bits per heavy atom. The molecule has 450 valence electrons. The van der Waals surface area contributed by atoms with Crippen LogP contribution in [0.1, 0.15) is 166 Å². The monoisotopic (exact) mass is 1120 g/mol. The first-order valence-electron chi connectivity index (χ1n) is 28.2. The zero-order chi connectivity index (χ0) is 59.7. The SMILES string of the molecule is CCCCCCC[C@H](O)CC(=O)N[C@@H](CC1CC1)C(=O)N[C@H](CCC(=O)O)C(=O)NC1C(=O)NC(C(C)C)C(=O)N[C@@H](CC(C)C)C(=O)N[C@H](CO)C(=O)N[C@@H](CC(C)C)C(=O)N[C@H](CO)C(=O)NC(C(C)CC)C(=O)OC1C. The van der Waals surface area contributed by atoms with Crippen LogP contribution in [0.3, 0.4) is 0 Å². The van der Waals surface area contributed by atoms with Crippen molar-refractivity contribution in [1.29, 1.82) is 0 Å². The van der Waals surface area contributed by atoms with Crippen molar-refractivity contribution in [3.05, 3.63) is 0 Å². The normalized spacial score (nSPS) is 24.9. The molecule has 2 fully saturated rings. The van der Waals surface area contributed by atoms with Gasteiger partial charge in [-0.2, -0.15) is 0 Å². The van der Waals surface area contributed by atoms with Gasteiger partial charge in [-0.25, -0.2) is 4.79 Å². The van der Waals surface area contributed by atoms with Crippen molar-refractivity contribution in [1.82, 2.24) is 47.9 Å². The topological polar surface area (TPSA) is 386 Å². The fourth-order valence-electron chi connectivity index (χ4n) is 8.83. The number of aliphatic carboxylic acids is 1. The largest absolute Gasteiger partial charge is 0.481 e. The standard InChI is InChI=1S/C54H93N9O16/c1-11-13-14-15-16-17-34(66)25-41(67)55-38(24-33-18-19-33)49(73)56-35(20-21-42(68)69)46(70)63-45-32(10)79-54(78)44(31(9)12-2)62-51(75)40(27-65)60-47(71)36(22-28(3)4)57-50(74)39(26-64)59-48(72)37(23-29(5)6)58-52(76)43(30(7)8)61-53(45)77/h28-40,43-45,64-66H,11-27H2,1-10H3,(H,55,67)(H,56,73)(H,57,74)(H,58,76)(H,59,72)(H,60,71)(H,61,77)(H,62,75)(H,63,70)(H,68,69)/t31?,32?,34-,35+,36-,37-,38-,39+,40+,43?,44?,45?/m0/s1. The number of carboxylic acids is 1. The van der Waals surface area contributed by atoms with Crippen molar-refractivity contribution in [2.45, 2.75) is 232 Å². The Hall–Kier alpha value is -5.95. The summed E-state index contributed by atoms with van der Waals surface area (Å²) in [6, 6.07) is -14.0. The minimum Gasteiger partial charge on any atom is -0.481 e. The molecular weight excluding hydrogens is 1030 g/mol. The summed E-state index contributed by atoms with van der Waals surface area (Å²) in [7, 11) is 0. The van der Waals surface area contributed by atoms with Crippen LogP contribution in [0.5, 0.6) is 0 Å². The van der Waals surface area contributed by atoms with E-state index in [2.05, 4.69) is 54.8 Å². The first-order chi connectivity index (χ1) is 37.1. The first-order valence-corrected chi connectivity index (χ1v) is 28.2. The predicted octanol–water partition coefficient (Wildman–Crippen LogP) is -0.150. The van der Waals surface area contributed by atoms with Crippen molar-refractivity contribution < 1.29 is 77.9 Å². The van der Waals surface area contributed by atoms with Crippen LogP contribution in [-0.2, 0) is 57.5 Å². The molecule has 1 saturated carbocycles. The quantitative estimate of drug-likeness (QED) is 0.0376. The number of aliphatic hydroxyl groups is 3. The molecule has 0 aromatic heterocycles. The minimum atomic E-state index is -1.94. The molecule has 0 bridgehead atoms. The second-order valence-corrected chi connectivity index (χ2v) is 22.5. The first kappa shape index (κ1) is 69.2. The number of ether oxygens (including phenoxy) is 1. The van der Waals surface area contributed by atoms with E-state index in [4.69, 9.17) is 4.74 Å². The van der Waals surface area contributed by atoms with E-state index in [-0.39, 0.29) is 49.9 Å². The molecule has 25 heteroatoms. The van der Waals surface area contributed by atoms with Gasteiger partial charge < -0.3 is 73.0 Å². The van der Waals surface area contributed by atoms with Gasteiger partial charge in [-0.15, -0.1) is 0 Å². The number of hydrogen-bond acceptors (Lipinski definition) is 15. The van der Waals surface area contributed by atoms with Gasteiger partial charge in [-0.05, 0) is 68.6 Å². The second kappa shape index (κ2) is 34.9. The number of rotatable bonds is 27. The lowest BCUT2D eigenvalue weighted by Gasteiger charge is -2.32. The van der Waals surface area contributed by atoms with Crippen LogP contribution in [-0.4, -0.2) is 165 Å². The number of nitrogens with one attached hydrogen (secondary N) is 9. The highest BCUT2D eigenvalue weighted by Gasteiger charge is 2.41.